The molecule has 27 heteroatoms. The first-order chi connectivity index (χ1) is 67.4. The number of likely N-dealkylation sites (N-methyl/N-ethyl adjacent to an activating group) is 3. The van der Waals surface area contributed by atoms with E-state index >= 15 is 0 Å². The number of hydrogen-bond donors (Lipinski definition) is 4. The lowest BCUT2D eigenvalue weighted by molar-refractivity contribution is -0.256. The molecular formula is C118H199N15O12. The van der Waals surface area contributed by atoms with Crippen molar-refractivity contribution in [2.75, 3.05) is 102 Å². The minimum atomic E-state index is -0.614. The fourth-order valence-electron chi connectivity index (χ4n) is 37.6. The third kappa shape index (κ3) is 17.2. The number of ether oxygens (including phenoxy) is 6. The lowest BCUT2D eigenvalue weighted by Crippen LogP contribution is -2.69. The van der Waals surface area contributed by atoms with E-state index in [0.717, 1.165) is 129 Å². The molecule has 0 spiro atoms. The van der Waals surface area contributed by atoms with E-state index in [1.165, 1.54) is 23.9 Å². The second-order valence-electron chi connectivity index (χ2n) is 57.3. The molecule has 36 atom stereocenters. The summed E-state index contributed by atoms with van der Waals surface area (Å²) < 4.78 is 43.5. The number of carboxylic acid groups (broad SMARTS) is 3. The molecule has 818 valence electrons. The average Bonchev–Trinajstić information content (AvgIpc) is 1.03. The quantitative estimate of drug-likeness (QED) is 0.0543. The number of nitrogens with one attached hydrogen (secondary N) is 1. The Morgan fingerprint density at radius 1 is 0.428 bits per heavy atom. The fraction of sp³-hybridized carbons (Fsp3) is 0.898. The molecule has 145 heavy (non-hydrogen) atoms. The number of H-pyrrole nitrogens is 1. The molecule has 12 aliphatic carbocycles. The third-order valence-electron chi connectivity index (χ3n) is 49.6. The van der Waals surface area contributed by atoms with E-state index < -0.39 is 29.7 Å². The smallest absolute Gasteiger partial charge is 0.307 e. The molecule has 27 nitrogen and oxygen atoms in total. The Labute approximate surface area is 873 Å². The molecule has 18 rings (SSSR count). The highest BCUT2D eigenvalue weighted by Gasteiger charge is 2.78. The van der Waals surface area contributed by atoms with Crippen molar-refractivity contribution in [3.05, 3.63) is 53.9 Å². The number of rotatable bonds is 26. The van der Waals surface area contributed by atoms with Crippen LogP contribution in [0.1, 0.15) is 342 Å². The highest BCUT2D eigenvalue weighted by atomic mass is 16.5. The molecule has 3 aromatic heterocycles. The van der Waals surface area contributed by atoms with Gasteiger partial charge in [-0.3, -0.25) is 14.4 Å². The van der Waals surface area contributed by atoms with Crippen LogP contribution in [0.5, 0.6) is 0 Å². The summed E-state index contributed by atoms with van der Waals surface area (Å²) in [5.74, 6) is 3.53. The van der Waals surface area contributed by atoms with Gasteiger partial charge in [0.05, 0.1) is 102 Å². The van der Waals surface area contributed by atoms with Gasteiger partial charge in [0.25, 0.3) is 0 Å². The zero-order valence-corrected chi connectivity index (χ0v) is 97.2. The van der Waals surface area contributed by atoms with Crippen molar-refractivity contribution >= 4 is 17.9 Å². The maximum absolute atomic E-state index is 13.4. The van der Waals surface area contributed by atoms with Crippen molar-refractivity contribution in [1.82, 2.24) is 75.7 Å². The topological polar surface area (TPSA) is 319 Å². The molecule has 4 N–H and O–H groups in total. The van der Waals surface area contributed by atoms with Crippen LogP contribution in [-0.2, 0) is 42.8 Å². The van der Waals surface area contributed by atoms with Crippen molar-refractivity contribution in [2.45, 2.75) is 377 Å². The van der Waals surface area contributed by atoms with Gasteiger partial charge in [-0.1, -0.05) is 234 Å². The van der Waals surface area contributed by atoms with Crippen molar-refractivity contribution in [3.63, 3.8) is 0 Å². The van der Waals surface area contributed by atoms with Gasteiger partial charge in [-0.15, -0.1) is 25.5 Å². The Morgan fingerprint density at radius 3 is 1.04 bits per heavy atom. The van der Waals surface area contributed by atoms with Gasteiger partial charge >= 0.3 is 17.9 Å². The molecule has 0 aromatic carbocycles. The largest absolute Gasteiger partial charge is 0.481 e. The van der Waals surface area contributed by atoms with Gasteiger partial charge in [-0.2, -0.15) is 10.0 Å². The van der Waals surface area contributed by atoms with Crippen LogP contribution in [0, 0.1) is 194 Å². The monoisotopic (exact) mass is 2020 g/mol. The summed E-state index contributed by atoms with van der Waals surface area (Å²) in [5.41, 5.74) is 1.67. The average molecular weight is 2020 g/mol. The number of nitrogens with zero attached hydrogens (tertiary/aromatic N) is 14. The van der Waals surface area contributed by atoms with E-state index in [0.29, 0.717) is 134 Å². The summed E-state index contributed by atoms with van der Waals surface area (Å²) in [6, 6.07) is -0.108. The van der Waals surface area contributed by atoms with Gasteiger partial charge in [-0.05, 0) is 338 Å². The Morgan fingerprint density at radius 2 is 0.759 bits per heavy atom. The van der Waals surface area contributed by atoms with Crippen molar-refractivity contribution in [1.29, 1.82) is 0 Å². The van der Waals surface area contributed by atoms with Crippen LogP contribution in [0.25, 0.3) is 0 Å². The highest BCUT2D eigenvalue weighted by Crippen LogP contribution is 2.81. The lowest BCUT2D eigenvalue weighted by Gasteiger charge is -2.71. The third-order valence-corrected chi connectivity index (χ3v) is 49.6. The van der Waals surface area contributed by atoms with Gasteiger partial charge in [0.2, 0.25) is 0 Å². The molecule has 0 radical (unpaired) electrons. The van der Waals surface area contributed by atoms with Crippen LogP contribution in [0.3, 0.4) is 0 Å². The second kappa shape index (κ2) is 39.8. The van der Waals surface area contributed by atoms with E-state index in [1.54, 1.807) is 18.2 Å². The van der Waals surface area contributed by atoms with Gasteiger partial charge in [-0.25, -0.2) is 4.68 Å². The van der Waals surface area contributed by atoms with Crippen molar-refractivity contribution < 1.29 is 58.1 Å². The fourth-order valence-corrected chi connectivity index (χ4v) is 37.6. The summed E-state index contributed by atoms with van der Waals surface area (Å²) in [7, 11) is 13.0. The maximum Gasteiger partial charge on any atom is 0.307 e. The Hall–Kier alpha value is -5.52. The molecule has 3 aromatic rings. The van der Waals surface area contributed by atoms with Crippen LogP contribution in [0.4, 0.5) is 0 Å². The molecule has 15 aliphatic rings. The summed E-state index contributed by atoms with van der Waals surface area (Å²) in [5, 5.41) is 71.3. The zero-order chi connectivity index (χ0) is 107. The van der Waals surface area contributed by atoms with E-state index in [4.69, 9.17) is 28.4 Å². The van der Waals surface area contributed by atoms with Gasteiger partial charge in [0, 0.05) is 49.1 Å². The Bertz CT molecular complexity index is 4870. The van der Waals surface area contributed by atoms with Crippen LogP contribution in [0.2, 0.25) is 0 Å². The molecule has 6 bridgehead atoms. The van der Waals surface area contributed by atoms with E-state index in [-0.39, 0.29) is 134 Å². The Kier molecular flexibility index (Phi) is 31.2. The number of fused-ring (bicyclic) bond motifs is 9. The molecule has 3 saturated heterocycles. The van der Waals surface area contributed by atoms with Gasteiger partial charge in [0.1, 0.15) is 12.4 Å². The number of allylic oxidation sites excluding steroid dienone is 3. The number of aromatic amines is 1. The first-order valence-electron chi connectivity index (χ1n) is 56.9. The number of carbonyl (C=O) groups is 3. The van der Waals surface area contributed by atoms with Gasteiger partial charge in [0.15, 0.2) is 12.7 Å². The van der Waals surface area contributed by atoms with Crippen LogP contribution in [0.15, 0.2) is 53.9 Å². The molecule has 12 fully saturated rings. The molecule has 0 amide bonds. The minimum Gasteiger partial charge on any atom is -0.481 e. The van der Waals surface area contributed by atoms with Crippen molar-refractivity contribution in [3.8, 4) is 0 Å². The van der Waals surface area contributed by atoms with E-state index in [2.05, 4.69) is 341 Å². The summed E-state index contributed by atoms with van der Waals surface area (Å²) in [6.45, 7) is 78.4. The number of hydrogen-bond acceptors (Lipinski definition) is 21. The first-order valence-corrected chi connectivity index (χ1v) is 56.9. The number of aromatic nitrogens is 12. The normalized spacial score (nSPS) is 44.0. The SMILES string of the molecule is CC(C)[C@@H](C)[C@@]1(C)CC[C@]2(C)[C@H]3CC[C@@H]4[C@@]5(COC[C@]4(C)[C@@H](OC[C@@](C)(C(C)C)N(C)C)[C@H](C)C5)C3=CC[C@@]2(C)[C@@H]1C(=O)O.CC(C)[C@@H](C)[C@@]1(C)CC[C@]2(C)[C@H]3CC[C@@H]4[C@@]5(COC[C@]4(C)[C@@H](OC[C@@](C)(C(C)C)N(C)C)[C@H](n4cnnn4)C5)C3=CC[C@@]2(C)[C@@H]1C(=O)O.CC(C)[C@@H](C)[C@@]1(C)CC[C@]2(C)[C@H]3CC[C@@H]4[C@@]5(COC[C@]4(C)[C@@H](OC[C@@](C)(C(C)C)N(C)C)[C@H](n4ncnn4)C5)C3=CC[C@@]2(C)[C@@H]1C(=O)O.c1nn[nH]n1. The first kappa shape index (κ1) is 114. The highest BCUT2D eigenvalue weighted by molar-refractivity contribution is 5.75. The molecule has 3 aliphatic heterocycles. The lowest BCUT2D eigenvalue weighted by atomic mass is 9.34. The predicted molar refractivity (Wildman–Crippen MR) is 568 cm³/mol. The van der Waals surface area contributed by atoms with Crippen LogP contribution >= 0.6 is 0 Å². The van der Waals surface area contributed by atoms with Crippen LogP contribution in [-0.4, -0.2) is 246 Å². The standard InChI is InChI=1S/2C39H65N5O4.C39H67NO4.CH2N4/c1-24(2)26(5)34(6)17-18-36(8)27-13-14-30-35(7)20-47-22-39(30,28(27)15-16-37(36,9)31(34)33(45)46)19-29(44-23-40-41-42-44)32(35)48-21-38(10,25(3)4)43(11)12;1-24(2)26(5)34(6)17-18-36(8)27-13-14-30-35(7)20-47-22-39(30,28(27)15-16-37(36,9)31(34)33(45)46)19-29(44-41-23-40-42-44)32(35)48-21-38(10,25(3)4)43(11)12;1-24(2)27(6)34(7)18-19-36(9)28-14-15-30-35(8)21-43-23-39(30,29(28)16-17-37(36,10)31(34)33(41)42)20-26(5)32(35)44-22-38(11,25(3)4)40(12)13;1-2-4-5-3-1/h2*15,23-27,29-32H,13-14,16-22H2,1-12H3,(H,45,46);16,24-28,30-32H,14-15,17-23H2,1-13H3,(H,41,42);1H,(H,2,3,4,5)/t2*26-,27+,29-,30+,31-,32+,34-,35+,36-,37+,38+,39+;26-,27-,28+,30+,31-,32+,34-,35+,36-,37+,38+,39+;/m111./s1. The van der Waals surface area contributed by atoms with Crippen LogP contribution < -0.4 is 0 Å². The summed E-state index contributed by atoms with van der Waals surface area (Å²) in [4.78, 5) is 49.0. The van der Waals surface area contributed by atoms with Crippen molar-refractivity contribution in [2.24, 2.45) is 194 Å². The number of carboxylic acids is 3. The second-order valence-corrected chi connectivity index (χ2v) is 57.3. The summed E-state index contributed by atoms with van der Waals surface area (Å²) in [6.07, 6.45) is 30.3. The van der Waals surface area contributed by atoms with E-state index in [9.17, 15) is 29.7 Å². The molecular weight excluding hydrogens is 1820 g/mol. The Balaban J connectivity index is 0.000000159. The molecule has 9 saturated carbocycles. The minimum absolute atomic E-state index is 0.0218. The van der Waals surface area contributed by atoms with E-state index in [1.807, 2.05) is 9.48 Å². The number of aliphatic carboxylic acids is 3. The maximum atomic E-state index is 13.4. The summed E-state index contributed by atoms with van der Waals surface area (Å²) >= 11 is 0. The molecule has 6 heterocycles. The van der Waals surface area contributed by atoms with Gasteiger partial charge < -0.3 is 58.4 Å². The predicted octanol–water partition coefficient (Wildman–Crippen LogP) is 22.1. The zero-order valence-electron chi connectivity index (χ0n) is 97.2. The molecule has 0 unspecified atom stereocenters. The number of tetrazole rings is 3.